The Morgan fingerprint density at radius 3 is 2.49 bits per heavy atom. The van der Waals surface area contributed by atoms with Gasteiger partial charge in [0, 0.05) is 43.3 Å². The van der Waals surface area contributed by atoms with Crippen molar-refractivity contribution in [1.29, 1.82) is 0 Å². The first-order valence-corrected chi connectivity index (χ1v) is 12.1. The molecule has 2 fully saturated rings. The van der Waals surface area contributed by atoms with E-state index in [9.17, 15) is 13.2 Å². The molecule has 7 nitrogen and oxygen atoms in total. The summed E-state index contributed by atoms with van der Waals surface area (Å²) in [4.78, 5) is 18.0. The summed E-state index contributed by atoms with van der Waals surface area (Å²) < 4.78 is 39.9. The Morgan fingerprint density at radius 1 is 1.09 bits per heavy atom. The number of nitrogens with two attached hydrogens (primary N) is 1. The SMILES string of the molecule is CC(Nc1nc(Cl)nc2cnc(N3CCN(C4CCC4)CC3)cc12)c1cc(N)cc(C(F)(F)F)c1. The van der Waals surface area contributed by atoms with Crippen molar-refractivity contribution < 1.29 is 13.2 Å². The average molecular weight is 506 g/mol. The number of hydrogen-bond acceptors (Lipinski definition) is 7. The van der Waals surface area contributed by atoms with Crippen molar-refractivity contribution in [2.75, 3.05) is 42.1 Å². The number of nitrogen functional groups attached to an aromatic ring is 1. The van der Waals surface area contributed by atoms with Gasteiger partial charge >= 0.3 is 6.18 Å². The molecular formula is C24H27ClF3N7. The third kappa shape index (κ3) is 5.08. The molecular weight excluding hydrogens is 479 g/mol. The number of piperazine rings is 1. The van der Waals surface area contributed by atoms with Crippen LogP contribution in [0.15, 0.2) is 30.5 Å². The van der Waals surface area contributed by atoms with E-state index in [0.29, 0.717) is 22.3 Å². The number of fused-ring (bicyclic) bond motifs is 1. The molecule has 1 aromatic carbocycles. The van der Waals surface area contributed by atoms with Crippen molar-refractivity contribution in [2.24, 2.45) is 0 Å². The topological polar surface area (TPSA) is 83.2 Å². The fourth-order valence-corrected chi connectivity index (χ4v) is 4.90. The highest BCUT2D eigenvalue weighted by Crippen LogP contribution is 2.34. The highest BCUT2D eigenvalue weighted by molar-refractivity contribution is 6.28. The van der Waals surface area contributed by atoms with Crippen LogP contribution in [0.25, 0.3) is 10.9 Å². The Kier molecular flexibility index (Phi) is 6.35. The summed E-state index contributed by atoms with van der Waals surface area (Å²) in [6, 6.07) is 5.66. The predicted molar refractivity (Wildman–Crippen MR) is 132 cm³/mol. The van der Waals surface area contributed by atoms with E-state index in [1.165, 1.54) is 25.3 Å². The number of benzene rings is 1. The Labute approximate surface area is 206 Å². The summed E-state index contributed by atoms with van der Waals surface area (Å²) >= 11 is 6.14. The van der Waals surface area contributed by atoms with Crippen LogP contribution in [0.4, 0.5) is 30.5 Å². The minimum Gasteiger partial charge on any atom is -0.399 e. The lowest BCUT2D eigenvalue weighted by molar-refractivity contribution is -0.137. The van der Waals surface area contributed by atoms with E-state index in [-0.39, 0.29) is 11.0 Å². The molecule has 3 N–H and O–H groups in total. The first kappa shape index (κ1) is 23.9. The number of nitrogens with one attached hydrogen (secondary N) is 1. The molecule has 1 atom stereocenters. The van der Waals surface area contributed by atoms with Crippen molar-refractivity contribution in [3.8, 4) is 0 Å². The lowest BCUT2D eigenvalue weighted by Crippen LogP contribution is -2.52. The number of hydrogen-bond donors (Lipinski definition) is 2. The zero-order valence-corrected chi connectivity index (χ0v) is 20.1. The van der Waals surface area contributed by atoms with E-state index >= 15 is 0 Å². The summed E-state index contributed by atoms with van der Waals surface area (Å²) in [6.07, 6.45) is 1.07. The van der Waals surface area contributed by atoms with Gasteiger partial charge in [0.2, 0.25) is 5.28 Å². The quantitative estimate of drug-likeness (QED) is 0.367. The van der Waals surface area contributed by atoms with Crippen molar-refractivity contribution >= 4 is 39.8 Å². The molecule has 0 radical (unpaired) electrons. The lowest BCUT2D eigenvalue weighted by Gasteiger charge is -2.43. The fraction of sp³-hybridized carbons (Fsp3) is 0.458. The van der Waals surface area contributed by atoms with Crippen molar-refractivity contribution in [3.63, 3.8) is 0 Å². The Morgan fingerprint density at radius 2 is 1.83 bits per heavy atom. The molecule has 1 aliphatic carbocycles. The van der Waals surface area contributed by atoms with Crippen LogP contribution in [0.1, 0.15) is 43.4 Å². The van der Waals surface area contributed by atoms with E-state index in [0.717, 1.165) is 50.2 Å². The second-order valence-corrected chi connectivity index (χ2v) is 9.60. The molecule has 186 valence electrons. The molecule has 2 aromatic heterocycles. The van der Waals surface area contributed by atoms with Gasteiger partial charge in [-0.25, -0.2) is 15.0 Å². The van der Waals surface area contributed by atoms with Crippen LogP contribution in [0.3, 0.4) is 0 Å². The number of anilines is 3. The van der Waals surface area contributed by atoms with E-state index in [2.05, 4.69) is 30.1 Å². The van der Waals surface area contributed by atoms with Crippen LogP contribution in [-0.2, 0) is 6.18 Å². The second-order valence-electron chi connectivity index (χ2n) is 9.26. The molecule has 1 unspecified atom stereocenters. The van der Waals surface area contributed by atoms with Crippen molar-refractivity contribution in [3.05, 3.63) is 46.9 Å². The van der Waals surface area contributed by atoms with Gasteiger partial charge in [-0.3, -0.25) is 4.90 Å². The standard InChI is InChI=1S/C24H27ClF3N7/c1-14(15-9-16(24(26,27)28)11-17(29)10-15)31-22-19-12-21(30-13-20(19)32-23(25)33-22)35-7-5-34(6-8-35)18-3-2-4-18/h9-14,18H,2-8,29H2,1H3,(H,31,32,33). The number of halogens is 4. The maximum Gasteiger partial charge on any atom is 0.416 e. The summed E-state index contributed by atoms with van der Waals surface area (Å²) in [7, 11) is 0. The van der Waals surface area contributed by atoms with Gasteiger partial charge in [-0.15, -0.1) is 0 Å². The van der Waals surface area contributed by atoms with Gasteiger partial charge in [-0.1, -0.05) is 6.42 Å². The molecule has 3 aromatic rings. The molecule has 1 aliphatic heterocycles. The minimum atomic E-state index is -4.49. The normalized spacial score (nSPS) is 18.5. The highest BCUT2D eigenvalue weighted by Gasteiger charge is 2.32. The Hall–Kier alpha value is -2.85. The van der Waals surface area contributed by atoms with Crippen LogP contribution in [0.5, 0.6) is 0 Å². The maximum absolute atomic E-state index is 13.3. The zero-order valence-electron chi connectivity index (χ0n) is 19.3. The highest BCUT2D eigenvalue weighted by atomic mass is 35.5. The van der Waals surface area contributed by atoms with Crippen molar-refractivity contribution in [2.45, 2.75) is 44.4 Å². The molecule has 3 heterocycles. The first-order valence-electron chi connectivity index (χ1n) is 11.7. The number of aromatic nitrogens is 3. The summed E-state index contributed by atoms with van der Waals surface area (Å²) in [5.41, 5.74) is 5.95. The lowest BCUT2D eigenvalue weighted by atomic mass is 9.91. The Bertz CT molecular complexity index is 1220. The van der Waals surface area contributed by atoms with Gasteiger partial charge in [0.1, 0.15) is 11.6 Å². The smallest absolute Gasteiger partial charge is 0.399 e. The number of pyridine rings is 1. The van der Waals surface area contributed by atoms with Gasteiger partial charge < -0.3 is 16.0 Å². The van der Waals surface area contributed by atoms with Gasteiger partial charge in [0.05, 0.1) is 23.3 Å². The summed E-state index contributed by atoms with van der Waals surface area (Å²) in [6.45, 7) is 5.51. The van der Waals surface area contributed by atoms with Gasteiger partial charge in [0.15, 0.2) is 0 Å². The number of nitrogens with zero attached hydrogens (tertiary/aromatic N) is 5. The van der Waals surface area contributed by atoms with E-state index in [4.69, 9.17) is 17.3 Å². The van der Waals surface area contributed by atoms with Crippen LogP contribution in [-0.4, -0.2) is 52.1 Å². The van der Waals surface area contributed by atoms with Crippen molar-refractivity contribution in [1.82, 2.24) is 19.9 Å². The van der Waals surface area contributed by atoms with Crippen LogP contribution < -0.4 is 16.0 Å². The number of alkyl halides is 3. The molecule has 0 spiro atoms. The van der Waals surface area contributed by atoms with E-state index < -0.39 is 17.8 Å². The van der Waals surface area contributed by atoms with Gasteiger partial charge in [-0.05, 0) is 61.2 Å². The molecule has 2 aliphatic rings. The first-order chi connectivity index (χ1) is 16.7. The molecule has 0 amide bonds. The molecule has 35 heavy (non-hydrogen) atoms. The summed E-state index contributed by atoms with van der Waals surface area (Å²) in [5.74, 6) is 1.25. The van der Waals surface area contributed by atoms with Gasteiger partial charge in [-0.2, -0.15) is 13.2 Å². The number of rotatable bonds is 5. The third-order valence-corrected chi connectivity index (χ3v) is 7.10. The zero-order chi connectivity index (χ0) is 24.7. The van der Waals surface area contributed by atoms with Gasteiger partial charge in [0.25, 0.3) is 0 Å². The Balaban J connectivity index is 1.40. The monoisotopic (exact) mass is 505 g/mol. The van der Waals surface area contributed by atoms with Crippen LogP contribution in [0.2, 0.25) is 5.28 Å². The third-order valence-electron chi connectivity index (χ3n) is 6.93. The summed E-state index contributed by atoms with van der Waals surface area (Å²) in [5, 5.41) is 3.93. The van der Waals surface area contributed by atoms with Crippen LogP contribution >= 0.6 is 11.6 Å². The molecule has 5 rings (SSSR count). The molecule has 1 saturated heterocycles. The predicted octanol–water partition coefficient (Wildman–Crippen LogP) is 5.13. The maximum atomic E-state index is 13.3. The van der Waals surface area contributed by atoms with E-state index in [1.807, 2.05) is 6.07 Å². The molecule has 11 heteroatoms. The largest absolute Gasteiger partial charge is 0.416 e. The van der Waals surface area contributed by atoms with Crippen LogP contribution in [0, 0.1) is 0 Å². The minimum absolute atomic E-state index is 0.0272. The fourth-order valence-electron chi connectivity index (χ4n) is 4.72. The average Bonchev–Trinajstić information content (AvgIpc) is 2.77. The second kappa shape index (κ2) is 9.31. The van der Waals surface area contributed by atoms with E-state index in [1.54, 1.807) is 13.1 Å². The molecule has 1 saturated carbocycles. The molecule has 0 bridgehead atoms.